The van der Waals surface area contributed by atoms with Gasteiger partial charge >= 0.3 is 6.18 Å². The van der Waals surface area contributed by atoms with Gasteiger partial charge in [0.15, 0.2) is 5.96 Å². The molecular weight excluding hydrogens is 207 g/mol. The topological polar surface area (TPSA) is 41.6 Å². The summed E-state index contributed by atoms with van der Waals surface area (Å²) in [5.74, 6) is -0.0580. The maximum atomic E-state index is 12.2. The van der Waals surface area contributed by atoms with Crippen LogP contribution in [-0.2, 0) is 0 Å². The molecular formula is C9H18F3N3. The molecule has 2 N–H and O–H groups in total. The van der Waals surface area contributed by atoms with E-state index in [1.807, 2.05) is 0 Å². The highest BCUT2D eigenvalue weighted by Crippen LogP contribution is 2.17. The second-order valence-corrected chi connectivity index (χ2v) is 3.92. The Labute approximate surface area is 88.2 Å². The van der Waals surface area contributed by atoms with Crippen LogP contribution in [0.4, 0.5) is 13.2 Å². The minimum absolute atomic E-state index is 0.0580. The first-order chi connectivity index (χ1) is 6.63. The Kier molecular flexibility index (Phi) is 4.90. The van der Waals surface area contributed by atoms with Crippen molar-refractivity contribution in [3.8, 4) is 0 Å². The van der Waals surface area contributed by atoms with Gasteiger partial charge in [0.05, 0.1) is 0 Å². The van der Waals surface area contributed by atoms with Gasteiger partial charge in [-0.2, -0.15) is 13.2 Å². The van der Waals surface area contributed by atoms with Crippen LogP contribution in [0.2, 0.25) is 0 Å². The fraction of sp³-hybridized carbons (Fsp3) is 0.889. The Hall–Kier alpha value is -0.940. The summed E-state index contributed by atoms with van der Waals surface area (Å²) in [5, 5.41) is 0. The molecule has 0 heterocycles. The fourth-order valence-electron chi connectivity index (χ4n) is 1.06. The number of guanidine groups is 1. The van der Waals surface area contributed by atoms with E-state index in [4.69, 9.17) is 5.73 Å². The number of nitrogens with two attached hydrogens (primary N) is 1. The maximum absolute atomic E-state index is 12.2. The summed E-state index contributed by atoms with van der Waals surface area (Å²) >= 11 is 0. The molecule has 0 aliphatic rings. The minimum atomic E-state index is -4.26. The molecule has 0 saturated carbocycles. The Balaban J connectivity index is 4.68. The van der Waals surface area contributed by atoms with Crippen LogP contribution >= 0.6 is 0 Å². The van der Waals surface area contributed by atoms with Crippen LogP contribution in [0.3, 0.4) is 0 Å². The van der Waals surface area contributed by atoms with Crippen LogP contribution in [0.5, 0.6) is 0 Å². The van der Waals surface area contributed by atoms with E-state index in [-0.39, 0.29) is 18.0 Å². The summed E-state index contributed by atoms with van der Waals surface area (Å²) in [7, 11) is 0. The summed E-state index contributed by atoms with van der Waals surface area (Å²) in [4.78, 5) is 4.95. The molecule has 3 nitrogen and oxygen atoms in total. The SMILES string of the molecule is CC(C)N=C(N)N(CC(F)(F)F)C(C)C. The molecule has 90 valence electrons. The minimum Gasteiger partial charge on any atom is -0.370 e. The second-order valence-electron chi connectivity index (χ2n) is 3.92. The van der Waals surface area contributed by atoms with Crippen molar-refractivity contribution in [2.75, 3.05) is 6.54 Å². The van der Waals surface area contributed by atoms with Gasteiger partial charge in [-0.1, -0.05) is 0 Å². The van der Waals surface area contributed by atoms with Crippen LogP contribution in [0.25, 0.3) is 0 Å². The second kappa shape index (κ2) is 5.23. The van der Waals surface area contributed by atoms with Gasteiger partial charge in [-0.15, -0.1) is 0 Å². The Bertz CT molecular complexity index is 221. The van der Waals surface area contributed by atoms with Gasteiger partial charge in [0.1, 0.15) is 6.54 Å². The molecule has 0 rings (SSSR count). The quantitative estimate of drug-likeness (QED) is 0.589. The molecule has 6 heteroatoms. The largest absolute Gasteiger partial charge is 0.406 e. The molecule has 0 radical (unpaired) electrons. The molecule has 0 spiro atoms. The zero-order valence-corrected chi connectivity index (χ0v) is 9.47. The van der Waals surface area contributed by atoms with Crippen molar-refractivity contribution in [3.63, 3.8) is 0 Å². The molecule has 0 unspecified atom stereocenters. The number of nitrogens with zero attached hydrogens (tertiary/aromatic N) is 2. The molecule has 15 heavy (non-hydrogen) atoms. The summed E-state index contributed by atoms with van der Waals surface area (Å²) in [6.07, 6.45) is -4.26. The fourth-order valence-corrected chi connectivity index (χ4v) is 1.06. The molecule has 0 aromatic heterocycles. The van der Waals surface area contributed by atoms with Crippen molar-refractivity contribution < 1.29 is 13.2 Å². The van der Waals surface area contributed by atoms with E-state index in [2.05, 4.69) is 4.99 Å². The third kappa shape index (κ3) is 6.19. The van der Waals surface area contributed by atoms with Crippen LogP contribution < -0.4 is 5.73 Å². The van der Waals surface area contributed by atoms with E-state index in [9.17, 15) is 13.2 Å². The highest BCUT2D eigenvalue weighted by molar-refractivity contribution is 5.78. The van der Waals surface area contributed by atoms with Gasteiger partial charge in [-0.3, -0.25) is 4.99 Å². The van der Waals surface area contributed by atoms with Crippen LogP contribution in [-0.4, -0.2) is 35.7 Å². The van der Waals surface area contributed by atoms with Crippen molar-refractivity contribution in [3.05, 3.63) is 0 Å². The molecule has 0 saturated heterocycles. The van der Waals surface area contributed by atoms with Crippen molar-refractivity contribution >= 4 is 5.96 Å². The van der Waals surface area contributed by atoms with Gasteiger partial charge in [0.2, 0.25) is 0 Å². The number of alkyl halides is 3. The van der Waals surface area contributed by atoms with E-state index in [1.54, 1.807) is 27.7 Å². The van der Waals surface area contributed by atoms with Crippen LogP contribution in [0.15, 0.2) is 4.99 Å². The molecule has 0 aliphatic heterocycles. The van der Waals surface area contributed by atoms with Gasteiger partial charge in [-0.25, -0.2) is 0 Å². The zero-order chi connectivity index (χ0) is 12.2. The molecule has 0 fully saturated rings. The van der Waals surface area contributed by atoms with E-state index >= 15 is 0 Å². The summed E-state index contributed by atoms with van der Waals surface area (Å²) in [5.41, 5.74) is 5.50. The average molecular weight is 225 g/mol. The highest BCUT2D eigenvalue weighted by atomic mass is 19.4. The first-order valence-electron chi connectivity index (χ1n) is 4.80. The molecule has 0 aromatic carbocycles. The lowest BCUT2D eigenvalue weighted by Gasteiger charge is -2.28. The first-order valence-corrected chi connectivity index (χ1v) is 4.80. The van der Waals surface area contributed by atoms with Crippen LogP contribution in [0.1, 0.15) is 27.7 Å². The zero-order valence-electron chi connectivity index (χ0n) is 9.47. The van der Waals surface area contributed by atoms with E-state index < -0.39 is 12.7 Å². The van der Waals surface area contributed by atoms with Crippen molar-refractivity contribution in [2.24, 2.45) is 10.7 Å². The normalized spacial score (nSPS) is 13.8. The Morgan fingerprint density at radius 3 is 2.00 bits per heavy atom. The Morgan fingerprint density at radius 2 is 1.73 bits per heavy atom. The van der Waals surface area contributed by atoms with Gasteiger partial charge in [0.25, 0.3) is 0 Å². The standard InChI is InChI=1S/C9H18F3N3/c1-6(2)14-8(13)15(7(3)4)5-9(10,11)12/h6-7H,5H2,1-4H3,(H2,13,14). The lowest BCUT2D eigenvalue weighted by Crippen LogP contribution is -2.47. The number of rotatable bonds is 3. The van der Waals surface area contributed by atoms with Gasteiger partial charge in [-0.05, 0) is 27.7 Å². The number of hydrogen-bond donors (Lipinski definition) is 1. The monoisotopic (exact) mass is 225 g/mol. The lowest BCUT2D eigenvalue weighted by molar-refractivity contribution is -0.140. The van der Waals surface area contributed by atoms with Crippen molar-refractivity contribution in [2.45, 2.75) is 46.0 Å². The van der Waals surface area contributed by atoms with Gasteiger partial charge in [0, 0.05) is 12.1 Å². The average Bonchev–Trinajstić information content (AvgIpc) is 1.96. The van der Waals surface area contributed by atoms with Crippen LogP contribution in [0, 0.1) is 0 Å². The highest BCUT2D eigenvalue weighted by Gasteiger charge is 2.32. The molecule has 0 aromatic rings. The smallest absolute Gasteiger partial charge is 0.370 e. The van der Waals surface area contributed by atoms with E-state index in [1.165, 1.54) is 0 Å². The number of hydrogen-bond acceptors (Lipinski definition) is 1. The third-order valence-corrected chi connectivity index (χ3v) is 1.66. The van der Waals surface area contributed by atoms with Crippen molar-refractivity contribution in [1.82, 2.24) is 4.90 Å². The maximum Gasteiger partial charge on any atom is 0.406 e. The molecule has 0 bridgehead atoms. The van der Waals surface area contributed by atoms with E-state index in [0.29, 0.717) is 0 Å². The molecule has 0 amide bonds. The predicted molar refractivity (Wildman–Crippen MR) is 54.7 cm³/mol. The number of aliphatic imine (C=N–C) groups is 1. The summed E-state index contributed by atoms with van der Waals surface area (Å²) in [6, 6.07) is -0.436. The molecule has 0 aliphatic carbocycles. The predicted octanol–water partition coefficient (Wildman–Crippen LogP) is 1.98. The van der Waals surface area contributed by atoms with Crippen molar-refractivity contribution in [1.29, 1.82) is 0 Å². The molecule has 0 atom stereocenters. The van der Waals surface area contributed by atoms with E-state index in [0.717, 1.165) is 4.90 Å². The summed E-state index contributed by atoms with van der Waals surface area (Å²) in [6.45, 7) is 5.76. The first kappa shape index (κ1) is 14.1. The Morgan fingerprint density at radius 1 is 1.27 bits per heavy atom. The lowest BCUT2D eigenvalue weighted by atomic mass is 10.3. The summed E-state index contributed by atoms with van der Waals surface area (Å²) < 4.78 is 36.6. The third-order valence-electron chi connectivity index (χ3n) is 1.66. The van der Waals surface area contributed by atoms with Gasteiger partial charge < -0.3 is 10.6 Å². The number of halogens is 3.